The Labute approximate surface area is 149 Å². The van der Waals surface area contributed by atoms with Gasteiger partial charge >= 0.3 is 0 Å². The Morgan fingerprint density at radius 1 is 1.08 bits per heavy atom. The Balaban J connectivity index is 1.99. The number of amides is 2. The Hall–Kier alpha value is -2.70. The number of nitrogens with one attached hydrogen (secondary N) is 2. The minimum absolute atomic E-state index is 0.0532. The number of nitrogens with two attached hydrogens (primary N) is 1. The third-order valence-electron chi connectivity index (χ3n) is 3.00. The smallest absolute Gasteiger partial charge is 0.250 e. The van der Waals surface area contributed by atoms with Crippen molar-refractivity contribution in [2.24, 2.45) is 5.73 Å². The normalized spacial score (nSPS) is 10.4. The summed E-state index contributed by atoms with van der Waals surface area (Å²) in [5.41, 5.74) is 6.70. The summed E-state index contributed by atoms with van der Waals surface area (Å²) in [5.74, 6) is -1.02. The van der Waals surface area contributed by atoms with Crippen LogP contribution in [0.2, 0.25) is 5.02 Å². The van der Waals surface area contributed by atoms with Crippen molar-refractivity contribution >= 4 is 52.5 Å². The average Bonchev–Trinajstić information content (AvgIpc) is 2.54. The average molecular weight is 360 g/mol. The van der Waals surface area contributed by atoms with Crippen LogP contribution in [0.5, 0.6) is 0 Å². The predicted octanol–water partition coefficient (Wildman–Crippen LogP) is 2.97. The van der Waals surface area contributed by atoms with Crippen molar-refractivity contribution in [1.82, 2.24) is 5.32 Å². The molecule has 0 fully saturated rings. The SMILES string of the molecule is NC(=O)c1ccccc1NC(=S)NC(=O)C=Cc1ccccc1Cl. The minimum Gasteiger partial charge on any atom is -0.366 e. The zero-order valence-electron chi connectivity index (χ0n) is 12.5. The monoisotopic (exact) mass is 359 g/mol. The second-order valence-corrected chi connectivity index (χ2v) is 5.52. The summed E-state index contributed by atoms with van der Waals surface area (Å²) in [6.45, 7) is 0. The van der Waals surface area contributed by atoms with Crippen LogP contribution < -0.4 is 16.4 Å². The largest absolute Gasteiger partial charge is 0.366 e. The molecule has 5 nitrogen and oxygen atoms in total. The van der Waals surface area contributed by atoms with Crippen LogP contribution in [0, 0.1) is 0 Å². The molecule has 2 rings (SSSR count). The third kappa shape index (κ3) is 4.91. The molecule has 0 spiro atoms. The van der Waals surface area contributed by atoms with Gasteiger partial charge in [0.1, 0.15) is 0 Å². The van der Waals surface area contributed by atoms with E-state index < -0.39 is 11.8 Å². The van der Waals surface area contributed by atoms with Gasteiger partial charge in [-0.3, -0.25) is 14.9 Å². The van der Waals surface area contributed by atoms with E-state index in [2.05, 4.69) is 10.6 Å². The molecule has 24 heavy (non-hydrogen) atoms. The highest BCUT2D eigenvalue weighted by molar-refractivity contribution is 7.80. The van der Waals surface area contributed by atoms with Gasteiger partial charge in [-0.05, 0) is 42.1 Å². The van der Waals surface area contributed by atoms with Crippen molar-refractivity contribution in [2.45, 2.75) is 0 Å². The Kier molecular flexibility index (Phi) is 6.06. The number of hydrogen-bond acceptors (Lipinski definition) is 3. The van der Waals surface area contributed by atoms with E-state index in [0.717, 1.165) is 0 Å². The number of para-hydroxylation sites is 1. The van der Waals surface area contributed by atoms with Crippen molar-refractivity contribution < 1.29 is 9.59 Å². The molecule has 0 saturated heterocycles. The van der Waals surface area contributed by atoms with E-state index in [4.69, 9.17) is 29.6 Å². The molecule has 0 radical (unpaired) electrons. The second kappa shape index (κ2) is 8.24. The Bertz CT molecular complexity index is 821. The second-order valence-electron chi connectivity index (χ2n) is 4.71. The van der Waals surface area contributed by atoms with Crippen molar-refractivity contribution in [3.05, 3.63) is 70.8 Å². The van der Waals surface area contributed by atoms with E-state index in [1.165, 1.54) is 6.08 Å². The maximum atomic E-state index is 11.9. The van der Waals surface area contributed by atoms with E-state index in [9.17, 15) is 9.59 Å². The minimum atomic E-state index is -0.592. The molecule has 122 valence electrons. The molecule has 2 amide bonds. The van der Waals surface area contributed by atoms with Gasteiger partial charge < -0.3 is 11.1 Å². The van der Waals surface area contributed by atoms with Gasteiger partial charge in [0, 0.05) is 11.1 Å². The standard InChI is InChI=1S/C17H14ClN3O2S/c18-13-7-3-1-5-11(13)9-10-15(22)21-17(24)20-14-8-4-2-6-12(14)16(19)23/h1-10H,(H2,19,23)(H2,20,21,22,24). The van der Waals surface area contributed by atoms with Gasteiger partial charge in [0.25, 0.3) is 5.91 Å². The molecule has 4 N–H and O–H groups in total. The van der Waals surface area contributed by atoms with Gasteiger partial charge in [-0.1, -0.05) is 41.9 Å². The quantitative estimate of drug-likeness (QED) is 0.579. The number of carbonyl (C=O) groups is 2. The highest BCUT2D eigenvalue weighted by Gasteiger charge is 2.09. The molecule has 0 heterocycles. The molecule has 0 saturated carbocycles. The number of rotatable bonds is 4. The summed E-state index contributed by atoms with van der Waals surface area (Å²) in [7, 11) is 0. The van der Waals surface area contributed by atoms with Crippen LogP contribution in [-0.4, -0.2) is 16.9 Å². The van der Waals surface area contributed by atoms with Gasteiger partial charge in [-0.2, -0.15) is 0 Å². The fourth-order valence-corrected chi connectivity index (χ4v) is 2.30. The summed E-state index contributed by atoms with van der Waals surface area (Å²) in [5, 5.41) is 5.85. The van der Waals surface area contributed by atoms with E-state index in [1.807, 2.05) is 6.07 Å². The Morgan fingerprint density at radius 2 is 1.75 bits per heavy atom. The zero-order valence-corrected chi connectivity index (χ0v) is 14.0. The molecule has 0 bridgehead atoms. The van der Waals surface area contributed by atoms with Gasteiger partial charge in [0.05, 0.1) is 11.3 Å². The number of primary amides is 1. The maximum absolute atomic E-state index is 11.9. The summed E-state index contributed by atoms with van der Waals surface area (Å²) in [4.78, 5) is 23.2. The van der Waals surface area contributed by atoms with Crippen LogP contribution >= 0.6 is 23.8 Å². The molecule has 0 aliphatic rings. The number of benzene rings is 2. The van der Waals surface area contributed by atoms with Crippen molar-refractivity contribution in [3.8, 4) is 0 Å². The molecular weight excluding hydrogens is 346 g/mol. The van der Waals surface area contributed by atoms with Crippen molar-refractivity contribution in [2.75, 3.05) is 5.32 Å². The molecule has 0 aromatic heterocycles. The van der Waals surface area contributed by atoms with Crippen LogP contribution in [-0.2, 0) is 4.79 Å². The number of hydrogen-bond donors (Lipinski definition) is 3. The number of carbonyl (C=O) groups excluding carboxylic acids is 2. The summed E-state index contributed by atoms with van der Waals surface area (Å²) < 4.78 is 0. The maximum Gasteiger partial charge on any atom is 0.250 e. The van der Waals surface area contributed by atoms with Gasteiger partial charge in [-0.25, -0.2) is 0 Å². The van der Waals surface area contributed by atoms with Crippen molar-refractivity contribution in [1.29, 1.82) is 0 Å². The lowest BCUT2D eigenvalue weighted by atomic mass is 10.1. The first kappa shape index (κ1) is 17.7. The molecule has 7 heteroatoms. The topological polar surface area (TPSA) is 84.2 Å². The van der Waals surface area contributed by atoms with E-state index >= 15 is 0 Å². The summed E-state index contributed by atoms with van der Waals surface area (Å²) in [6.07, 6.45) is 2.90. The van der Waals surface area contributed by atoms with Crippen LogP contribution in [0.4, 0.5) is 5.69 Å². The number of thiocarbonyl (C=S) groups is 1. The number of anilines is 1. The fraction of sp³-hybridized carbons (Fsp3) is 0. The van der Waals surface area contributed by atoms with Crippen molar-refractivity contribution in [3.63, 3.8) is 0 Å². The first-order valence-corrected chi connectivity index (χ1v) is 7.69. The zero-order chi connectivity index (χ0) is 17.5. The molecule has 2 aromatic carbocycles. The lowest BCUT2D eigenvalue weighted by molar-refractivity contribution is -0.115. The number of halogens is 1. The summed E-state index contributed by atoms with van der Waals surface area (Å²) >= 11 is 11.1. The van der Waals surface area contributed by atoms with E-state index in [-0.39, 0.29) is 10.7 Å². The summed E-state index contributed by atoms with van der Waals surface area (Å²) in [6, 6.07) is 13.7. The first-order chi connectivity index (χ1) is 11.5. The van der Waals surface area contributed by atoms with E-state index in [1.54, 1.807) is 48.5 Å². The lowest BCUT2D eigenvalue weighted by Gasteiger charge is -2.10. The van der Waals surface area contributed by atoms with Gasteiger partial charge in [0.2, 0.25) is 5.91 Å². The molecule has 0 aliphatic heterocycles. The predicted molar refractivity (Wildman–Crippen MR) is 99.8 cm³/mol. The molecule has 2 aromatic rings. The molecule has 0 atom stereocenters. The highest BCUT2D eigenvalue weighted by Crippen LogP contribution is 2.16. The third-order valence-corrected chi connectivity index (χ3v) is 3.55. The van der Waals surface area contributed by atoms with E-state index in [0.29, 0.717) is 16.3 Å². The van der Waals surface area contributed by atoms with Crippen LogP contribution in [0.3, 0.4) is 0 Å². The highest BCUT2D eigenvalue weighted by atomic mass is 35.5. The fourth-order valence-electron chi connectivity index (χ4n) is 1.89. The van der Waals surface area contributed by atoms with Gasteiger partial charge in [0.15, 0.2) is 5.11 Å². The van der Waals surface area contributed by atoms with Crippen LogP contribution in [0.25, 0.3) is 6.08 Å². The van der Waals surface area contributed by atoms with Crippen LogP contribution in [0.15, 0.2) is 54.6 Å². The first-order valence-electron chi connectivity index (χ1n) is 6.91. The van der Waals surface area contributed by atoms with Gasteiger partial charge in [-0.15, -0.1) is 0 Å². The lowest BCUT2D eigenvalue weighted by Crippen LogP contribution is -2.33. The Morgan fingerprint density at radius 3 is 2.46 bits per heavy atom. The molecule has 0 aliphatic carbocycles. The van der Waals surface area contributed by atoms with Crippen LogP contribution in [0.1, 0.15) is 15.9 Å². The molecular formula is C17H14ClN3O2S. The molecule has 0 unspecified atom stereocenters.